The molecule has 2 atom stereocenters. The average Bonchev–Trinajstić information content (AvgIpc) is 3.43. The van der Waals surface area contributed by atoms with Crippen LogP contribution in [0.3, 0.4) is 0 Å². The fourth-order valence-corrected chi connectivity index (χ4v) is 6.41. The quantitative estimate of drug-likeness (QED) is 0.669. The summed E-state index contributed by atoms with van der Waals surface area (Å²) >= 11 is 3.09. The first kappa shape index (κ1) is 17.1. The maximum absolute atomic E-state index is 13.1. The molecule has 1 amide bonds. The summed E-state index contributed by atoms with van der Waals surface area (Å²) in [6, 6.07) is 4.37. The van der Waals surface area contributed by atoms with Crippen LogP contribution >= 0.6 is 22.7 Å². The van der Waals surface area contributed by atoms with Crippen LogP contribution in [0.1, 0.15) is 32.1 Å². The van der Waals surface area contributed by atoms with Crippen molar-refractivity contribution in [2.45, 2.75) is 44.7 Å². The van der Waals surface area contributed by atoms with Crippen molar-refractivity contribution >= 4 is 38.8 Å². The molecule has 1 aliphatic heterocycles. The van der Waals surface area contributed by atoms with Gasteiger partial charge >= 0.3 is 0 Å². The number of carbonyl (C=O) groups is 1. The van der Waals surface area contributed by atoms with Gasteiger partial charge < -0.3 is 4.90 Å². The van der Waals surface area contributed by atoms with Gasteiger partial charge in [0.05, 0.1) is 11.7 Å². The number of likely N-dealkylation sites (tertiary alicyclic amines) is 1. The van der Waals surface area contributed by atoms with Crippen molar-refractivity contribution in [3.8, 4) is 10.4 Å². The summed E-state index contributed by atoms with van der Waals surface area (Å²) in [7, 11) is 0. The minimum Gasteiger partial charge on any atom is -0.338 e. The fraction of sp³-hybridized carbons (Fsp3) is 0.450. The van der Waals surface area contributed by atoms with E-state index in [2.05, 4.69) is 4.98 Å². The van der Waals surface area contributed by atoms with Gasteiger partial charge in [-0.25, -0.2) is 4.98 Å². The molecule has 27 heavy (non-hydrogen) atoms. The van der Waals surface area contributed by atoms with E-state index in [1.807, 2.05) is 27.8 Å². The zero-order chi connectivity index (χ0) is 18.4. The van der Waals surface area contributed by atoms with Crippen LogP contribution < -0.4 is 5.56 Å². The third-order valence-corrected chi connectivity index (χ3v) is 7.76. The van der Waals surface area contributed by atoms with Crippen LogP contribution in [-0.4, -0.2) is 32.9 Å². The highest BCUT2D eigenvalue weighted by Gasteiger charge is 2.37. The van der Waals surface area contributed by atoms with E-state index in [1.165, 1.54) is 41.5 Å². The molecule has 0 spiro atoms. The van der Waals surface area contributed by atoms with Crippen molar-refractivity contribution in [2.75, 3.05) is 6.54 Å². The van der Waals surface area contributed by atoms with Crippen molar-refractivity contribution in [1.29, 1.82) is 0 Å². The summed E-state index contributed by atoms with van der Waals surface area (Å²) in [6.45, 7) is 0.911. The van der Waals surface area contributed by atoms with Gasteiger partial charge in [-0.2, -0.15) is 0 Å². The van der Waals surface area contributed by atoms with E-state index in [0.29, 0.717) is 17.3 Å². The molecule has 0 unspecified atom stereocenters. The minimum absolute atomic E-state index is 0.0581. The zero-order valence-electron chi connectivity index (χ0n) is 15.0. The Bertz CT molecular complexity index is 1040. The summed E-state index contributed by atoms with van der Waals surface area (Å²) in [5, 5.41) is 4.63. The van der Waals surface area contributed by atoms with Gasteiger partial charge in [-0.05, 0) is 43.0 Å². The Kier molecular flexibility index (Phi) is 4.36. The molecule has 2 fully saturated rings. The molecule has 2 aliphatic rings. The van der Waals surface area contributed by atoms with E-state index >= 15 is 0 Å². The van der Waals surface area contributed by atoms with Crippen molar-refractivity contribution < 1.29 is 4.79 Å². The van der Waals surface area contributed by atoms with Gasteiger partial charge in [0, 0.05) is 28.4 Å². The highest BCUT2D eigenvalue weighted by Crippen LogP contribution is 2.37. The maximum atomic E-state index is 13.1. The fourth-order valence-electron chi connectivity index (χ4n) is 4.69. The zero-order valence-corrected chi connectivity index (χ0v) is 16.6. The predicted octanol–water partition coefficient (Wildman–Crippen LogP) is 3.98. The van der Waals surface area contributed by atoms with E-state index in [9.17, 15) is 9.59 Å². The van der Waals surface area contributed by atoms with Crippen LogP contribution in [0.25, 0.3) is 20.7 Å². The molecule has 0 bridgehead atoms. The second-order valence-electron chi connectivity index (χ2n) is 7.47. The summed E-state index contributed by atoms with van der Waals surface area (Å²) < 4.78 is 1.49. The summed E-state index contributed by atoms with van der Waals surface area (Å²) in [4.78, 5) is 34.4. The summed E-state index contributed by atoms with van der Waals surface area (Å²) in [5.74, 6) is 0.713. The molecule has 0 N–H and O–H groups in total. The van der Waals surface area contributed by atoms with E-state index in [1.54, 1.807) is 11.3 Å². The van der Waals surface area contributed by atoms with E-state index in [4.69, 9.17) is 0 Å². The maximum Gasteiger partial charge on any atom is 0.263 e. The molecule has 3 aromatic rings. The smallest absolute Gasteiger partial charge is 0.263 e. The number of hydrogen-bond acceptors (Lipinski definition) is 5. The highest BCUT2D eigenvalue weighted by molar-refractivity contribution is 7.18. The first-order valence-corrected chi connectivity index (χ1v) is 11.3. The second-order valence-corrected chi connectivity index (χ2v) is 9.28. The van der Waals surface area contributed by atoms with Gasteiger partial charge in [0.1, 0.15) is 11.4 Å². The Morgan fingerprint density at radius 1 is 1.22 bits per heavy atom. The number of fused-ring (bicyclic) bond motifs is 2. The van der Waals surface area contributed by atoms with Gasteiger partial charge in [-0.1, -0.05) is 12.5 Å². The molecular formula is C20H21N3O2S2. The van der Waals surface area contributed by atoms with Crippen LogP contribution in [-0.2, 0) is 11.3 Å². The lowest BCUT2D eigenvalue weighted by Gasteiger charge is -2.37. The lowest BCUT2D eigenvalue weighted by Crippen LogP contribution is -2.48. The monoisotopic (exact) mass is 399 g/mol. The van der Waals surface area contributed by atoms with Gasteiger partial charge in [-0.3, -0.25) is 14.2 Å². The Labute approximate surface area is 165 Å². The Morgan fingerprint density at radius 2 is 2.11 bits per heavy atom. The molecule has 1 aliphatic carbocycles. The van der Waals surface area contributed by atoms with Gasteiger partial charge in [0.15, 0.2) is 0 Å². The molecule has 0 aromatic carbocycles. The highest BCUT2D eigenvalue weighted by atomic mass is 32.1. The van der Waals surface area contributed by atoms with Gasteiger partial charge in [0.2, 0.25) is 5.91 Å². The number of rotatable bonds is 3. The molecule has 140 valence electrons. The molecule has 5 rings (SSSR count). The van der Waals surface area contributed by atoms with E-state index < -0.39 is 0 Å². The number of piperidine rings is 1. The number of hydrogen-bond donors (Lipinski definition) is 0. The lowest BCUT2D eigenvalue weighted by molar-refractivity contribution is -0.136. The molecule has 1 saturated heterocycles. The largest absolute Gasteiger partial charge is 0.338 e. The normalized spacial score (nSPS) is 22.3. The summed E-state index contributed by atoms with van der Waals surface area (Å²) in [5.41, 5.74) is 0.816. The number of thiophene rings is 2. The van der Waals surface area contributed by atoms with Crippen molar-refractivity contribution in [3.05, 3.63) is 39.6 Å². The summed E-state index contributed by atoms with van der Waals surface area (Å²) in [6.07, 6.45) is 7.41. The molecule has 5 nitrogen and oxygen atoms in total. The van der Waals surface area contributed by atoms with Gasteiger partial charge in [0.25, 0.3) is 5.56 Å². The molecule has 1 saturated carbocycles. The van der Waals surface area contributed by atoms with Crippen molar-refractivity contribution in [3.63, 3.8) is 0 Å². The standard InChI is InChI=1S/C20H21N3O2S2/c24-17(23-8-2-5-13-4-1-6-15(13)23)10-22-12-21-19-18(20(22)25)14(11-27-19)16-7-3-9-26-16/h3,7,9,11-13,15H,1-2,4-6,8,10H2/t13-,15-/m0/s1. The first-order chi connectivity index (χ1) is 13.2. The molecule has 3 aromatic heterocycles. The minimum atomic E-state index is -0.113. The van der Waals surface area contributed by atoms with Crippen LogP contribution in [0.5, 0.6) is 0 Å². The number of aromatic nitrogens is 2. The van der Waals surface area contributed by atoms with Crippen molar-refractivity contribution in [1.82, 2.24) is 14.5 Å². The number of nitrogens with zero attached hydrogens (tertiary/aromatic N) is 3. The Hall–Kier alpha value is -1.99. The second kappa shape index (κ2) is 6.87. The van der Waals surface area contributed by atoms with Gasteiger partial charge in [-0.15, -0.1) is 22.7 Å². The van der Waals surface area contributed by atoms with Crippen molar-refractivity contribution in [2.24, 2.45) is 5.92 Å². The Balaban J connectivity index is 1.47. The topological polar surface area (TPSA) is 55.2 Å². The van der Waals surface area contributed by atoms with E-state index in [0.717, 1.165) is 34.7 Å². The predicted molar refractivity (Wildman–Crippen MR) is 109 cm³/mol. The first-order valence-electron chi connectivity index (χ1n) is 9.52. The molecule has 0 radical (unpaired) electrons. The van der Waals surface area contributed by atoms with Crippen LogP contribution in [0, 0.1) is 5.92 Å². The molecule has 4 heterocycles. The lowest BCUT2D eigenvalue weighted by atomic mass is 9.92. The average molecular weight is 400 g/mol. The third kappa shape index (κ3) is 2.93. The number of amides is 1. The molecular weight excluding hydrogens is 378 g/mol. The SMILES string of the molecule is O=C(Cn1cnc2scc(-c3cccs3)c2c1=O)N1CCC[C@@H]2CCC[C@@H]21. The Morgan fingerprint density at radius 3 is 2.96 bits per heavy atom. The van der Waals surface area contributed by atoms with Crippen LogP contribution in [0.15, 0.2) is 34.0 Å². The van der Waals surface area contributed by atoms with Crippen LogP contribution in [0.4, 0.5) is 0 Å². The van der Waals surface area contributed by atoms with Crippen LogP contribution in [0.2, 0.25) is 0 Å². The number of carbonyl (C=O) groups excluding carboxylic acids is 1. The molecule has 7 heteroatoms. The third-order valence-electron chi connectivity index (χ3n) is 5.97. The van der Waals surface area contributed by atoms with E-state index in [-0.39, 0.29) is 18.0 Å².